The molecule has 0 bridgehead atoms. The first-order valence-electron chi connectivity index (χ1n) is 6.28. The first-order valence-corrected chi connectivity index (χ1v) is 6.28. The summed E-state index contributed by atoms with van der Waals surface area (Å²) >= 11 is 0. The molecule has 1 aromatic carbocycles. The minimum Gasteiger partial charge on any atom is -0.460 e. The molecule has 0 atom stereocenters. The van der Waals surface area contributed by atoms with E-state index in [4.69, 9.17) is 15.3 Å². The summed E-state index contributed by atoms with van der Waals surface area (Å²) in [6.07, 6.45) is 4.72. The maximum Gasteiger partial charge on any atom is 0.338 e. The number of carbonyl (C=O) groups is 1. The number of benzene rings is 1. The molecule has 1 rings (SSSR count). The van der Waals surface area contributed by atoms with Crippen molar-refractivity contribution in [2.45, 2.75) is 0 Å². The predicted octanol–water partition coefficient (Wildman–Crippen LogP) is 2.26. The van der Waals surface area contributed by atoms with Crippen molar-refractivity contribution in [1.82, 2.24) is 4.90 Å². The van der Waals surface area contributed by atoms with Crippen molar-refractivity contribution in [3.63, 3.8) is 0 Å². The van der Waals surface area contributed by atoms with Gasteiger partial charge >= 0.3 is 5.97 Å². The summed E-state index contributed by atoms with van der Waals surface area (Å²) < 4.78 is 5.13. The van der Waals surface area contributed by atoms with Crippen LogP contribution in [0.2, 0.25) is 0 Å². The number of nitriles is 2. The number of hydrogen-bond donors (Lipinski definition) is 0. The third-order valence-electron chi connectivity index (χ3n) is 2.53. The first kappa shape index (κ1) is 16.0. The maximum absolute atomic E-state index is 11.7. The van der Waals surface area contributed by atoms with Crippen LogP contribution in [0.1, 0.15) is 10.4 Å². The van der Waals surface area contributed by atoms with Gasteiger partial charge in [-0.1, -0.05) is 18.2 Å². The molecule has 0 aliphatic rings. The minimum absolute atomic E-state index is 0.0372. The van der Waals surface area contributed by atoms with Gasteiger partial charge in [0, 0.05) is 7.05 Å². The van der Waals surface area contributed by atoms with E-state index in [9.17, 15) is 4.79 Å². The summed E-state index contributed by atoms with van der Waals surface area (Å²) in [5.74, 6) is -0.357. The molecule has 1 aromatic rings. The summed E-state index contributed by atoms with van der Waals surface area (Å²) in [6.45, 7) is 0.763. The van der Waals surface area contributed by atoms with Crippen LogP contribution in [0.25, 0.3) is 0 Å². The van der Waals surface area contributed by atoms with Gasteiger partial charge < -0.3 is 9.64 Å². The van der Waals surface area contributed by atoms with E-state index in [0.29, 0.717) is 12.1 Å². The quantitative estimate of drug-likeness (QED) is 0.454. The van der Waals surface area contributed by atoms with E-state index in [0.717, 1.165) is 0 Å². The summed E-state index contributed by atoms with van der Waals surface area (Å²) in [5.41, 5.74) is 0.557. The lowest BCUT2D eigenvalue weighted by molar-refractivity contribution is 0.0487. The molecule has 0 aliphatic heterocycles. The lowest BCUT2D eigenvalue weighted by Gasteiger charge is -2.13. The second-order valence-electron chi connectivity index (χ2n) is 4.13. The lowest BCUT2D eigenvalue weighted by Crippen LogP contribution is -2.19. The van der Waals surface area contributed by atoms with Crippen LogP contribution in [0.3, 0.4) is 0 Å². The van der Waals surface area contributed by atoms with Crippen LogP contribution in [0, 0.1) is 22.7 Å². The Bertz CT molecular complexity index is 591. The molecule has 0 heterocycles. The molecule has 0 saturated carbocycles. The Balaban J connectivity index is 2.35. The number of carbonyl (C=O) groups excluding carboxylic acids is 1. The highest BCUT2D eigenvalue weighted by Crippen LogP contribution is 2.01. The average Bonchev–Trinajstić information content (AvgIpc) is 2.52. The van der Waals surface area contributed by atoms with Gasteiger partial charge in [-0.05, 0) is 30.5 Å². The van der Waals surface area contributed by atoms with Gasteiger partial charge in [-0.25, -0.2) is 4.79 Å². The molecule has 0 radical (unpaired) electrons. The van der Waals surface area contributed by atoms with Crippen molar-refractivity contribution in [3.05, 3.63) is 59.8 Å². The van der Waals surface area contributed by atoms with Crippen molar-refractivity contribution in [2.75, 3.05) is 20.2 Å². The Morgan fingerprint density at radius 3 is 2.57 bits per heavy atom. The summed E-state index contributed by atoms with van der Waals surface area (Å²) in [5, 5.41) is 17.1. The summed E-state index contributed by atoms with van der Waals surface area (Å²) in [4.78, 5) is 13.5. The molecule has 0 spiro atoms. The van der Waals surface area contributed by atoms with Gasteiger partial charge in [-0.3, -0.25) is 0 Å². The van der Waals surface area contributed by atoms with Crippen molar-refractivity contribution in [1.29, 1.82) is 10.5 Å². The van der Waals surface area contributed by atoms with Gasteiger partial charge in [0.25, 0.3) is 0 Å². The van der Waals surface area contributed by atoms with E-state index in [2.05, 4.69) is 0 Å². The normalized spacial score (nSPS) is 9.48. The molecule has 0 aromatic heterocycles. The van der Waals surface area contributed by atoms with Crippen molar-refractivity contribution < 1.29 is 9.53 Å². The van der Waals surface area contributed by atoms with Crippen molar-refractivity contribution in [2.24, 2.45) is 0 Å². The Morgan fingerprint density at radius 2 is 1.95 bits per heavy atom. The molecule has 0 N–H and O–H groups in total. The highest BCUT2D eigenvalue weighted by Gasteiger charge is 2.05. The molecular weight excluding hydrogens is 266 g/mol. The van der Waals surface area contributed by atoms with Crippen molar-refractivity contribution in [3.8, 4) is 12.1 Å². The second kappa shape index (κ2) is 8.95. The van der Waals surface area contributed by atoms with E-state index in [-0.39, 0.29) is 18.1 Å². The molecule has 5 nitrogen and oxygen atoms in total. The SMILES string of the molecule is CN(/C=C/C=C(C#N)C#N)CCOC(=O)c1ccccc1. The van der Waals surface area contributed by atoms with Gasteiger partial charge in [0.05, 0.1) is 12.1 Å². The largest absolute Gasteiger partial charge is 0.460 e. The van der Waals surface area contributed by atoms with Crippen LogP contribution in [-0.2, 0) is 4.74 Å². The Hall–Kier alpha value is -3.05. The van der Waals surface area contributed by atoms with Crippen LogP contribution in [0.15, 0.2) is 54.3 Å². The molecular formula is C16H15N3O2. The first-order chi connectivity index (χ1) is 10.2. The Labute approximate surface area is 124 Å². The van der Waals surface area contributed by atoms with E-state index >= 15 is 0 Å². The number of rotatable bonds is 6. The van der Waals surface area contributed by atoms with Gasteiger partial charge in [-0.15, -0.1) is 0 Å². The number of hydrogen-bond acceptors (Lipinski definition) is 5. The fraction of sp³-hybridized carbons (Fsp3) is 0.188. The standard InChI is InChI=1S/C16H15N3O2/c1-19(9-5-6-14(12-17)13-18)10-11-21-16(20)15-7-3-2-4-8-15/h2-9H,10-11H2,1H3/b9-5+. The zero-order valence-corrected chi connectivity index (χ0v) is 11.7. The minimum atomic E-state index is -0.357. The van der Waals surface area contributed by atoms with Gasteiger partial charge in [0.2, 0.25) is 0 Å². The predicted molar refractivity (Wildman–Crippen MR) is 77.8 cm³/mol. The maximum atomic E-state index is 11.7. The smallest absolute Gasteiger partial charge is 0.338 e. The van der Waals surface area contributed by atoms with E-state index in [1.807, 2.05) is 6.07 Å². The zero-order chi connectivity index (χ0) is 15.5. The van der Waals surface area contributed by atoms with E-state index in [1.165, 1.54) is 6.08 Å². The molecule has 0 unspecified atom stereocenters. The lowest BCUT2D eigenvalue weighted by atomic mass is 10.2. The molecule has 0 amide bonds. The number of likely N-dealkylation sites (N-methyl/N-ethyl adjacent to an activating group) is 1. The fourth-order valence-corrected chi connectivity index (χ4v) is 1.40. The van der Waals surface area contributed by atoms with Crippen LogP contribution in [0.4, 0.5) is 0 Å². The monoisotopic (exact) mass is 281 g/mol. The second-order valence-corrected chi connectivity index (χ2v) is 4.13. The van der Waals surface area contributed by atoms with Crippen LogP contribution in [-0.4, -0.2) is 31.1 Å². The average molecular weight is 281 g/mol. The van der Waals surface area contributed by atoms with Gasteiger partial charge in [0.15, 0.2) is 0 Å². The highest BCUT2D eigenvalue weighted by molar-refractivity contribution is 5.89. The zero-order valence-electron chi connectivity index (χ0n) is 11.7. The van der Waals surface area contributed by atoms with Gasteiger partial charge in [0.1, 0.15) is 24.3 Å². The number of nitrogens with zero attached hydrogens (tertiary/aromatic N) is 3. The molecule has 0 saturated heterocycles. The topological polar surface area (TPSA) is 77.1 Å². The number of esters is 1. The fourth-order valence-electron chi connectivity index (χ4n) is 1.40. The third-order valence-corrected chi connectivity index (χ3v) is 2.53. The van der Waals surface area contributed by atoms with E-state index < -0.39 is 0 Å². The Morgan fingerprint density at radius 1 is 1.29 bits per heavy atom. The van der Waals surface area contributed by atoms with Crippen LogP contribution >= 0.6 is 0 Å². The molecule has 21 heavy (non-hydrogen) atoms. The summed E-state index contributed by atoms with van der Waals surface area (Å²) in [6, 6.07) is 12.3. The van der Waals surface area contributed by atoms with Crippen molar-refractivity contribution >= 4 is 5.97 Å². The molecule has 0 aliphatic carbocycles. The third kappa shape index (κ3) is 6.09. The molecule has 0 fully saturated rings. The number of ether oxygens (including phenoxy) is 1. The van der Waals surface area contributed by atoms with E-state index in [1.54, 1.807) is 60.6 Å². The van der Waals surface area contributed by atoms with Crippen LogP contribution < -0.4 is 0 Å². The molecule has 5 heteroatoms. The Kier molecular flexibility index (Phi) is 6.82. The highest BCUT2D eigenvalue weighted by atomic mass is 16.5. The molecule has 106 valence electrons. The summed E-state index contributed by atoms with van der Waals surface area (Å²) in [7, 11) is 1.80. The number of allylic oxidation sites excluding steroid dienone is 3. The van der Waals surface area contributed by atoms with Crippen LogP contribution in [0.5, 0.6) is 0 Å². The van der Waals surface area contributed by atoms with Gasteiger partial charge in [-0.2, -0.15) is 10.5 Å².